The summed E-state index contributed by atoms with van der Waals surface area (Å²) in [6.07, 6.45) is 5.22. The van der Waals surface area contributed by atoms with Gasteiger partial charge in [0.2, 0.25) is 0 Å². The highest BCUT2D eigenvalue weighted by atomic mass is 16.1. The number of nitrogens with one attached hydrogen (secondary N) is 1. The maximum absolute atomic E-state index is 12.0. The summed E-state index contributed by atoms with van der Waals surface area (Å²) in [5, 5.41) is 13.6. The molecule has 79 heavy (non-hydrogen) atoms. The number of aromatic amines is 1. The summed E-state index contributed by atoms with van der Waals surface area (Å²) in [4.78, 5) is 32.5. The summed E-state index contributed by atoms with van der Waals surface area (Å²) < 4.78 is 6.93. The normalized spacial score (nSPS) is 11.3. The Morgan fingerprint density at radius 2 is 0.722 bits per heavy atom. The van der Waals surface area contributed by atoms with Crippen molar-refractivity contribution in [3.8, 4) is 17.1 Å². The molecule has 0 amide bonds. The van der Waals surface area contributed by atoms with Crippen LogP contribution in [0.2, 0.25) is 0 Å². The zero-order valence-corrected chi connectivity index (χ0v) is 44.5. The fourth-order valence-corrected chi connectivity index (χ4v) is 11.4. The number of para-hydroxylation sites is 3. The smallest absolute Gasteiger partial charge is 0.255 e. The molecular formula is C69H56N8O2. The Morgan fingerprint density at radius 1 is 0.392 bits per heavy atom. The first-order valence-electron chi connectivity index (χ1n) is 26.3. The summed E-state index contributed by atoms with van der Waals surface area (Å²) in [6, 6.07) is 69.7. The Labute approximate surface area is 455 Å². The molecule has 5 N–H and O–H groups in total. The predicted octanol–water partition coefficient (Wildman–Crippen LogP) is 16.0. The summed E-state index contributed by atoms with van der Waals surface area (Å²) in [5.74, 6) is 1.31. The number of carbonyl (C=O) groups excluding carboxylic acids is 1. The van der Waals surface area contributed by atoms with Crippen molar-refractivity contribution in [3.05, 3.63) is 246 Å². The van der Waals surface area contributed by atoms with Crippen LogP contribution in [0, 0.1) is 20.8 Å². The SMILES string of the molecule is CC(C)=O.Cc1cccc2c1c1ccccc1n2-c1ccc2c(=O)[nH]ccc2c1.Cc1cccc2c1c1ccccc1n2-c1ccc2c(N)nccc2c1.Cc1cccc2c1c1ccccc1n2-c1ccc2c(N)nccc2c1. The molecule has 0 aliphatic rings. The van der Waals surface area contributed by atoms with Gasteiger partial charge in [0, 0.05) is 84.1 Å². The van der Waals surface area contributed by atoms with Crippen LogP contribution in [0.25, 0.3) is 115 Å². The molecule has 0 fully saturated rings. The maximum Gasteiger partial charge on any atom is 0.255 e. The minimum Gasteiger partial charge on any atom is -0.383 e. The van der Waals surface area contributed by atoms with E-state index in [9.17, 15) is 9.59 Å². The first-order chi connectivity index (χ1) is 38.4. The number of nitrogens with two attached hydrogens (primary N) is 2. The molecule has 6 aromatic heterocycles. The third-order valence-corrected chi connectivity index (χ3v) is 14.8. The van der Waals surface area contributed by atoms with E-state index in [-0.39, 0.29) is 11.3 Å². The molecule has 0 aliphatic carbocycles. The number of rotatable bonds is 3. The van der Waals surface area contributed by atoms with Crippen molar-refractivity contribution >= 4 is 115 Å². The number of carbonyl (C=O) groups is 1. The number of fused-ring (bicyclic) bond motifs is 12. The van der Waals surface area contributed by atoms with Crippen molar-refractivity contribution in [2.24, 2.45) is 0 Å². The van der Waals surface area contributed by atoms with Crippen LogP contribution in [0.4, 0.5) is 11.6 Å². The minimum atomic E-state index is -0.0536. The van der Waals surface area contributed by atoms with Gasteiger partial charge in [-0.05, 0) is 177 Å². The van der Waals surface area contributed by atoms with Gasteiger partial charge < -0.3 is 34.9 Å². The number of nitrogens with zero attached hydrogens (tertiary/aromatic N) is 5. The topological polar surface area (TPSA) is 143 Å². The lowest BCUT2D eigenvalue weighted by molar-refractivity contribution is -0.115. The first kappa shape index (κ1) is 49.6. The maximum atomic E-state index is 12.0. The second kappa shape index (κ2) is 20.3. The third-order valence-electron chi connectivity index (χ3n) is 14.8. The molecule has 6 heterocycles. The van der Waals surface area contributed by atoms with E-state index in [1.807, 2.05) is 30.3 Å². The molecule has 0 saturated heterocycles. The molecule has 0 radical (unpaired) electrons. The number of aryl methyl sites for hydroxylation is 3. The number of benzene rings is 9. The Bertz CT molecular complexity index is 4740. The van der Waals surface area contributed by atoms with Crippen molar-refractivity contribution in [2.75, 3.05) is 11.5 Å². The van der Waals surface area contributed by atoms with Crippen LogP contribution in [-0.2, 0) is 4.79 Å². The Hall–Kier alpha value is -10.3. The highest BCUT2D eigenvalue weighted by Gasteiger charge is 2.17. The molecule has 0 saturated carbocycles. The number of anilines is 2. The molecule has 0 aliphatic heterocycles. The Morgan fingerprint density at radius 3 is 1.10 bits per heavy atom. The first-order valence-corrected chi connectivity index (χ1v) is 26.3. The standard InChI is InChI=1S/2C22H17N3.C22H16N2O.C3H6O/c2*1-14-5-4-8-20-21(14)18-6-2-3-7-19(18)25(20)16-9-10-17-15(13-16)11-12-24-22(17)23;1-14-5-4-8-20-21(14)18-6-2-3-7-19(18)24(20)16-9-10-17-15(13-16)11-12-23-22(17)25;1-3(2)4/h2*2-13H,1H3,(H2,23,24);2-13H,1H3,(H,23,25);1-2H3. The van der Waals surface area contributed by atoms with Crippen LogP contribution in [0.3, 0.4) is 0 Å². The molecule has 0 spiro atoms. The second-order valence-corrected chi connectivity index (χ2v) is 20.2. The van der Waals surface area contributed by atoms with E-state index >= 15 is 0 Å². The third kappa shape index (κ3) is 8.85. The molecule has 0 atom stereocenters. The van der Waals surface area contributed by atoms with Gasteiger partial charge in [0.05, 0.1) is 33.1 Å². The Balaban J connectivity index is 0.000000114. The van der Waals surface area contributed by atoms with E-state index in [4.69, 9.17) is 11.5 Å². The number of pyridine rings is 3. The van der Waals surface area contributed by atoms with E-state index < -0.39 is 0 Å². The number of aromatic nitrogens is 6. The van der Waals surface area contributed by atoms with E-state index in [0.717, 1.165) is 44.0 Å². The zero-order valence-electron chi connectivity index (χ0n) is 44.5. The van der Waals surface area contributed by atoms with Crippen LogP contribution in [0.5, 0.6) is 0 Å². The van der Waals surface area contributed by atoms with Crippen molar-refractivity contribution < 1.29 is 4.79 Å². The van der Waals surface area contributed by atoms with Crippen LogP contribution < -0.4 is 17.0 Å². The minimum absolute atomic E-state index is 0.0536. The highest BCUT2D eigenvalue weighted by molar-refractivity contribution is 6.13. The number of ketones is 1. The summed E-state index contributed by atoms with van der Waals surface area (Å²) in [6.45, 7) is 9.55. The van der Waals surface area contributed by atoms with Crippen molar-refractivity contribution in [1.82, 2.24) is 28.7 Å². The zero-order chi connectivity index (χ0) is 54.5. The van der Waals surface area contributed by atoms with Gasteiger partial charge in [-0.25, -0.2) is 9.97 Å². The summed E-state index contributed by atoms with van der Waals surface area (Å²) >= 11 is 0. The van der Waals surface area contributed by atoms with E-state index in [1.165, 1.54) is 96.0 Å². The van der Waals surface area contributed by atoms with Gasteiger partial charge in [0.1, 0.15) is 17.4 Å². The number of Topliss-reactive ketones (excluding diaryl/α,β-unsaturated/α-hetero) is 1. The van der Waals surface area contributed by atoms with Gasteiger partial charge in [-0.15, -0.1) is 0 Å². The number of nitrogen functional groups attached to an aromatic ring is 2. The van der Waals surface area contributed by atoms with E-state index in [2.05, 4.69) is 219 Å². The highest BCUT2D eigenvalue weighted by Crippen LogP contribution is 2.38. The van der Waals surface area contributed by atoms with Crippen LogP contribution in [0.1, 0.15) is 30.5 Å². The molecule has 384 valence electrons. The molecule has 9 aromatic carbocycles. The van der Waals surface area contributed by atoms with Gasteiger partial charge in [0.15, 0.2) is 0 Å². The lowest BCUT2D eigenvalue weighted by Gasteiger charge is -2.10. The monoisotopic (exact) mass is 1030 g/mol. The molecule has 10 nitrogen and oxygen atoms in total. The van der Waals surface area contributed by atoms with Gasteiger partial charge in [-0.3, -0.25) is 4.79 Å². The van der Waals surface area contributed by atoms with Gasteiger partial charge >= 0.3 is 0 Å². The number of hydrogen-bond acceptors (Lipinski definition) is 6. The quantitative estimate of drug-likeness (QED) is 0.161. The van der Waals surface area contributed by atoms with Gasteiger partial charge in [-0.2, -0.15) is 0 Å². The summed E-state index contributed by atoms with van der Waals surface area (Å²) in [5.41, 5.74) is 26.4. The fourth-order valence-electron chi connectivity index (χ4n) is 11.4. The summed E-state index contributed by atoms with van der Waals surface area (Å²) in [7, 11) is 0. The van der Waals surface area contributed by atoms with Crippen LogP contribution in [-0.4, -0.2) is 34.4 Å². The number of H-pyrrole nitrogens is 1. The van der Waals surface area contributed by atoms with Crippen molar-refractivity contribution in [1.29, 1.82) is 0 Å². The lowest BCUT2D eigenvalue weighted by atomic mass is 10.1. The van der Waals surface area contributed by atoms with Crippen LogP contribution >= 0.6 is 0 Å². The lowest BCUT2D eigenvalue weighted by Crippen LogP contribution is -2.04. The molecule has 15 rings (SSSR count). The van der Waals surface area contributed by atoms with Crippen molar-refractivity contribution in [2.45, 2.75) is 34.6 Å². The van der Waals surface area contributed by atoms with Gasteiger partial charge in [0.25, 0.3) is 5.56 Å². The fraction of sp³-hybridized carbons (Fsp3) is 0.0725. The molecule has 0 bridgehead atoms. The van der Waals surface area contributed by atoms with Crippen LogP contribution in [0.15, 0.2) is 224 Å². The van der Waals surface area contributed by atoms with Gasteiger partial charge in [-0.1, -0.05) is 91.0 Å². The molecule has 15 aromatic rings. The largest absolute Gasteiger partial charge is 0.383 e. The molecule has 0 unspecified atom stereocenters. The average Bonchev–Trinajstić information content (AvgIpc) is 4.32. The molecular weight excluding hydrogens is 973 g/mol. The Kier molecular flexibility index (Phi) is 12.7. The van der Waals surface area contributed by atoms with E-state index in [1.54, 1.807) is 18.6 Å². The predicted molar refractivity (Wildman–Crippen MR) is 330 cm³/mol. The second-order valence-electron chi connectivity index (χ2n) is 20.2. The van der Waals surface area contributed by atoms with Crippen molar-refractivity contribution in [3.63, 3.8) is 0 Å². The van der Waals surface area contributed by atoms with E-state index in [0.29, 0.717) is 17.0 Å². The molecule has 10 heteroatoms. The average molecular weight is 1030 g/mol. The number of hydrogen-bond donors (Lipinski definition) is 3.